The Hall–Kier alpha value is -3.71. The van der Waals surface area contributed by atoms with Gasteiger partial charge >= 0.3 is 0 Å². The van der Waals surface area contributed by atoms with E-state index in [1.165, 1.54) is 24.6 Å². The maximum atomic E-state index is 12.2. The van der Waals surface area contributed by atoms with E-state index in [4.69, 9.17) is 22.6 Å². The highest BCUT2D eigenvalue weighted by molar-refractivity contribution is 6.08. The van der Waals surface area contributed by atoms with Gasteiger partial charge in [0, 0.05) is 41.8 Å². The number of amides is 1. The van der Waals surface area contributed by atoms with Gasteiger partial charge in [0.15, 0.2) is 0 Å². The van der Waals surface area contributed by atoms with E-state index >= 15 is 0 Å². The average Bonchev–Trinajstić information content (AvgIpc) is 2.68. The quantitative estimate of drug-likeness (QED) is 0.377. The van der Waals surface area contributed by atoms with Crippen LogP contribution in [0.3, 0.4) is 0 Å². The van der Waals surface area contributed by atoms with Crippen LogP contribution in [-0.4, -0.2) is 23.1 Å². The highest BCUT2D eigenvalue weighted by Gasteiger charge is 2.06. The standard InChI is InChI=1S/C20H22N6O/c21-8-6-19(24)14-2-1-3-17(10-14)26-20(27)5-4-15-13-25-9-7-18(15)16(11-22)12-23/h1-11,13,24H,12,21-23H2,(H,26,27)/b5-4+,8-6-,16-11+,24-19?. The van der Waals surface area contributed by atoms with Crippen molar-refractivity contribution in [2.75, 3.05) is 11.9 Å². The van der Waals surface area contributed by atoms with E-state index in [1.807, 2.05) is 0 Å². The van der Waals surface area contributed by atoms with Crippen molar-refractivity contribution in [3.8, 4) is 0 Å². The van der Waals surface area contributed by atoms with E-state index < -0.39 is 0 Å². The zero-order valence-electron chi connectivity index (χ0n) is 14.7. The number of carbonyl (C=O) groups is 1. The maximum absolute atomic E-state index is 12.2. The minimum Gasteiger partial charge on any atom is -0.405 e. The molecule has 0 fully saturated rings. The van der Waals surface area contributed by atoms with Crippen LogP contribution in [0.4, 0.5) is 5.69 Å². The Balaban J connectivity index is 2.15. The first-order valence-electron chi connectivity index (χ1n) is 8.20. The van der Waals surface area contributed by atoms with Gasteiger partial charge in [0.2, 0.25) is 5.91 Å². The van der Waals surface area contributed by atoms with Gasteiger partial charge in [-0.2, -0.15) is 0 Å². The molecule has 138 valence electrons. The molecule has 0 atom stereocenters. The lowest BCUT2D eigenvalue weighted by Crippen LogP contribution is -2.09. The van der Waals surface area contributed by atoms with E-state index in [2.05, 4.69) is 10.3 Å². The van der Waals surface area contributed by atoms with Gasteiger partial charge in [-0.05, 0) is 53.9 Å². The van der Waals surface area contributed by atoms with Gasteiger partial charge in [0.05, 0.1) is 5.71 Å². The number of pyridine rings is 1. The third-order valence-corrected chi connectivity index (χ3v) is 3.74. The molecule has 0 spiro atoms. The number of aromatic nitrogens is 1. The molecule has 1 aromatic carbocycles. The number of rotatable bonds is 7. The fraction of sp³-hybridized carbons (Fsp3) is 0.0500. The van der Waals surface area contributed by atoms with E-state index in [1.54, 1.807) is 48.8 Å². The molecule has 0 unspecified atom stereocenters. The number of anilines is 1. The summed E-state index contributed by atoms with van der Waals surface area (Å²) >= 11 is 0. The lowest BCUT2D eigenvalue weighted by Gasteiger charge is -2.08. The number of hydrogen-bond donors (Lipinski definition) is 5. The molecule has 7 heteroatoms. The Labute approximate surface area is 157 Å². The number of hydrogen-bond acceptors (Lipinski definition) is 6. The summed E-state index contributed by atoms with van der Waals surface area (Å²) in [5.74, 6) is -0.311. The molecule has 7 nitrogen and oxygen atoms in total. The Kier molecular flexibility index (Phi) is 7.04. The van der Waals surface area contributed by atoms with Crippen LogP contribution in [0.15, 0.2) is 67.3 Å². The molecule has 0 aliphatic rings. The molecule has 2 aromatic rings. The predicted molar refractivity (Wildman–Crippen MR) is 110 cm³/mol. The van der Waals surface area contributed by atoms with E-state index in [9.17, 15) is 4.79 Å². The van der Waals surface area contributed by atoms with Gasteiger partial charge in [0.1, 0.15) is 0 Å². The van der Waals surface area contributed by atoms with Gasteiger partial charge in [-0.3, -0.25) is 9.78 Å². The molecular formula is C20H22N6O. The molecule has 0 bridgehead atoms. The van der Waals surface area contributed by atoms with Crippen LogP contribution in [0.2, 0.25) is 0 Å². The van der Waals surface area contributed by atoms with Gasteiger partial charge in [0.25, 0.3) is 0 Å². The highest BCUT2D eigenvalue weighted by atomic mass is 16.1. The SMILES string of the molecule is N=C(/C=C\N)c1cccc(NC(=O)/C=C/c2cnccc2/C(=C/N)CN)c1. The Bertz CT molecular complexity index is 914. The summed E-state index contributed by atoms with van der Waals surface area (Å²) in [5.41, 5.74) is 20.4. The molecule has 0 saturated carbocycles. The molecule has 1 amide bonds. The van der Waals surface area contributed by atoms with Crippen molar-refractivity contribution in [1.82, 2.24) is 4.98 Å². The lowest BCUT2D eigenvalue weighted by atomic mass is 10.0. The molecule has 0 aliphatic heterocycles. The smallest absolute Gasteiger partial charge is 0.248 e. The summed E-state index contributed by atoms with van der Waals surface area (Å²) in [6.07, 6.45) is 10.6. The topological polar surface area (TPSA) is 144 Å². The van der Waals surface area contributed by atoms with Gasteiger partial charge in [-0.15, -0.1) is 0 Å². The van der Waals surface area contributed by atoms with E-state index in [-0.39, 0.29) is 18.2 Å². The molecule has 0 radical (unpaired) electrons. The number of carbonyl (C=O) groups excluding carboxylic acids is 1. The Morgan fingerprint density at radius 3 is 2.74 bits per heavy atom. The number of nitrogens with zero attached hydrogens (tertiary/aromatic N) is 1. The third kappa shape index (κ3) is 5.38. The Morgan fingerprint density at radius 1 is 1.22 bits per heavy atom. The summed E-state index contributed by atoms with van der Waals surface area (Å²) < 4.78 is 0. The van der Waals surface area contributed by atoms with Gasteiger partial charge < -0.3 is 27.9 Å². The fourth-order valence-electron chi connectivity index (χ4n) is 2.41. The second-order valence-corrected chi connectivity index (χ2v) is 5.54. The minimum absolute atomic E-state index is 0.257. The summed E-state index contributed by atoms with van der Waals surface area (Å²) in [5, 5.41) is 10.6. The fourth-order valence-corrected chi connectivity index (χ4v) is 2.41. The normalized spacial score (nSPS) is 11.8. The molecule has 0 aliphatic carbocycles. The number of nitrogens with two attached hydrogens (primary N) is 3. The van der Waals surface area contributed by atoms with Crippen LogP contribution in [-0.2, 0) is 4.79 Å². The van der Waals surface area contributed by atoms with Crippen molar-refractivity contribution in [2.45, 2.75) is 0 Å². The van der Waals surface area contributed by atoms with Crippen molar-refractivity contribution < 1.29 is 4.79 Å². The predicted octanol–water partition coefficient (Wildman–Crippen LogP) is 1.83. The van der Waals surface area contributed by atoms with Crippen LogP contribution >= 0.6 is 0 Å². The summed E-state index contributed by atoms with van der Waals surface area (Å²) in [4.78, 5) is 16.3. The second kappa shape index (κ2) is 9.69. The zero-order valence-corrected chi connectivity index (χ0v) is 14.7. The summed E-state index contributed by atoms with van der Waals surface area (Å²) in [6, 6.07) is 8.76. The Morgan fingerprint density at radius 2 is 2.04 bits per heavy atom. The van der Waals surface area contributed by atoms with Crippen LogP contribution < -0.4 is 22.5 Å². The average molecular weight is 362 g/mol. The first-order valence-corrected chi connectivity index (χ1v) is 8.20. The van der Waals surface area contributed by atoms with Crippen molar-refractivity contribution in [3.63, 3.8) is 0 Å². The molecule has 8 N–H and O–H groups in total. The lowest BCUT2D eigenvalue weighted by molar-refractivity contribution is -0.111. The first kappa shape index (κ1) is 19.6. The third-order valence-electron chi connectivity index (χ3n) is 3.74. The molecule has 0 saturated heterocycles. The van der Waals surface area contributed by atoms with Gasteiger partial charge in [-0.1, -0.05) is 12.1 Å². The van der Waals surface area contributed by atoms with Crippen molar-refractivity contribution in [1.29, 1.82) is 5.41 Å². The molecule has 1 heterocycles. The molecule has 2 rings (SSSR count). The van der Waals surface area contributed by atoms with E-state index in [0.717, 1.165) is 16.7 Å². The maximum Gasteiger partial charge on any atom is 0.248 e. The number of benzene rings is 1. The van der Waals surface area contributed by atoms with Crippen molar-refractivity contribution in [3.05, 3.63) is 84.0 Å². The van der Waals surface area contributed by atoms with Crippen LogP contribution in [0.1, 0.15) is 16.7 Å². The summed E-state index contributed by atoms with van der Waals surface area (Å²) in [6.45, 7) is 0.281. The van der Waals surface area contributed by atoms with Crippen LogP contribution in [0.25, 0.3) is 11.6 Å². The minimum atomic E-state index is -0.311. The molecular weight excluding hydrogens is 340 g/mol. The zero-order chi connectivity index (χ0) is 19.6. The van der Waals surface area contributed by atoms with E-state index in [0.29, 0.717) is 11.3 Å². The van der Waals surface area contributed by atoms with Crippen LogP contribution in [0.5, 0.6) is 0 Å². The monoisotopic (exact) mass is 362 g/mol. The van der Waals surface area contributed by atoms with Crippen molar-refractivity contribution in [2.24, 2.45) is 17.2 Å². The molecule has 1 aromatic heterocycles. The first-order chi connectivity index (χ1) is 13.1. The number of nitrogens with one attached hydrogen (secondary N) is 2. The summed E-state index contributed by atoms with van der Waals surface area (Å²) in [7, 11) is 0. The molecule has 27 heavy (non-hydrogen) atoms. The highest BCUT2D eigenvalue weighted by Crippen LogP contribution is 2.18. The van der Waals surface area contributed by atoms with Gasteiger partial charge in [-0.25, -0.2) is 0 Å². The number of allylic oxidation sites excluding steroid dienone is 1. The largest absolute Gasteiger partial charge is 0.405 e. The van der Waals surface area contributed by atoms with Crippen LogP contribution in [0, 0.1) is 5.41 Å². The second-order valence-electron chi connectivity index (χ2n) is 5.54. The van der Waals surface area contributed by atoms with Crippen molar-refractivity contribution >= 4 is 29.0 Å².